The van der Waals surface area contributed by atoms with Gasteiger partial charge >= 0.3 is 0 Å². The fourth-order valence-electron chi connectivity index (χ4n) is 2.80. The molecule has 1 aliphatic carbocycles. The normalized spacial score (nSPS) is 27.4. The Morgan fingerprint density at radius 3 is 2.84 bits per heavy atom. The quantitative estimate of drug-likeness (QED) is 0.873. The van der Waals surface area contributed by atoms with E-state index < -0.39 is 0 Å². The number of rotatable bonds is 5. The third-order valence-corrected chi connectivity index (χ3v) is 5.45. The molecule has 3 unspecified atom stereocenters. The highest BCUT2D eigenvalue weighted by molar-refractivity contribution is 7.99. The van der Waals surface area contributed by atoms with Crippen molar-refractivity contribution in [1.29, 1.82) is 0 Å². The summed E-state index contributed by atoms with van der Waals surface area (Å²) < 4.78 is 0. The first kappa shape index (κ1) is 15.1. The van der Waals surface area contributed by atoms with Crippen molar-refractivity contribution in [2.75, 3.05) is 6.54 Å². The summed E-state index contributed by atoms with van der Waals surface area (Å²) in [5.74, 6) is 0.875. The topological polar surface area (TPSA) is 24.9 Å². The standard InChI is InChI=1S/C15H23ClN2S/c1-3-11-5-7-13(17-4-2)14(9-11)19-15-8-6-12(16)10-18-15/h6,8,10-11,13-14,17H,3-5,7,9H2,1-2H3. The summed E-state index contributed by atoms with van der Waals surface area (Å²) in [6, 6.07) is 4.58. The van der Waals surface area contributed by atoms with Crippen molar-refractivity contribution >= 4 is 23.4 Å². The van der Waals surface area contributed by atoms with Crippen LogP contribution in [-0.4, -0.2) is 22.8 Å². The van der Waals surface area contributed by atoms with Crippen LogP contribution >= 0.6 is 23.4 Å². The number of halogens is 1. The van der Waals surface area contributed by atoms with E-state index in [0.717, 1.165) is 17.5 Å². The number of thioether (sulfide) groups is 1. The van der Waals surface area contributed by atoms with Crippen LogP contribution in [0.1, 0.15) is 39.5 Å². The molecule has 0 aliphatic heterocycles. The van der Waals surface area contributed by atoms with Crippen molar-refractivity contribution in [2.24, 2.45) is 5.92 Å². The van der Waals surface area contributed by atoms with Crippen molar-refractivity contribution in [3.8, 4) is 0 Å². The Hall–Kier alpha value is -0.250. The van der Waals surface area contributed by atoms with E-state index in [-0.39, 0.29) is 0 Å². The fourth-order valence-corrected chi connectivity index (χ4v) is 4.24. The molecule has 1 aromatic rings. The maximum absolute atomic E-state index is 5.89. The molecule has 0 bridgehead atoms. The largest absolute Gasteiger partial charge is 0.313 e. The number of aromatic nitrogens is 1. The van der Waals surface area contributed by atoms with Crippen LogP contribution in [0.4, 0.5) is 0 Å². The van der Waals surface area contributed by atoms with Crippen molar-refractivity contribution < 1.29 is 0 Å². The summed E-state index contributed by atoms with van der Waals surface area (Å²) in [4.78, 5) is 4.42. The van der Waals surface area contributed by atoms with Gasteiger partial charge < -0.3 is 5.32 Å². The molecule has 0 spiro atoms. The molecule has 1 aromatic heterocycles. The average molecular weight is 299 g/mol. The van der Waals surface area contributed by atoms with Crippen LogP contribution in [0.15, 0.2) is 23.4 Å². The minimum absolute atomic E-state index is 0.621. The highest BCUT2D eigenvalue weighted by Crippen LogP contribution is 2.37. The Kier molecular flexibility index (Phi) is 5.99. The summed E-state index contributed by atoms with van der Waals surface area (Å²) in [6.07, 6.45) is 6.98. The predicted molar refractivity (Wildman–Crippen MR) is 84.0 cm³/mol. The number of hydrogen-bond donors (Lipinski definition) is 1. The molecule has 2 rings (SSSR count). The smallest absolute Gasteiger partial charge is 0.0964 e. The zero-order valence-electron chi connectivity index (χ0n) is 11.7. The number of pyridine rings is 1. The Morgan fingerprint density at radius 2 is 2.21 bits per heavy atom. The first-order chi connectivity index (χ1) is 9.22. The molecule has 1 saturated carbocycles. The van der Waals surface area contributed by atoms with Gasteiger partial charge in [-0.3, -0.25) is 0 Å². The molecule has 1 aliphatic rings. The van der Waals surface area contributed by atoms with E-state index in [1.54, 1.807) is 6.20 Å². The van der Waals surface area contributed by atoms with Gasteiger partial charge in [0.2, 0.25) is 0 Å². The SMILES string of the molecule is CCNC1CCC(CC)CC1Sc1ccc(Cl)cn1. The van der Waals surface area contributed by atoms with Gasteiger partial charge in [0.15, 0.2) is 0 Å². The minimum atomic E-state index is 0.621. The van der Waals surface area contributed by atoms with Crippen LogP contribution in [0.25, 0.3) is 0 Å². The maximum atomic E-state index is 5.89. The van der Waals surface area contributed by atoms with Gasteiger partial charge in [-0.05, 0) is 43.9 Å². The first-order valence-corrected chi connectivity index (χ1v) is 8.50. The van der Waals surface area contributed by atoms with Gasteiger partial charge in [-0.15, -0.1) is 11.8 Å². The van der Waals surface area contributed by atoms with E-state index >= 15 is 0 Å². The van der Waals surface area contributed by atoms with Crippen molar-refractivity contribution in [3.05, 3.63) is 23.4 Å². The molecular formula is C15H23ClN2S. The first-order valence-electron chi connectivity index (χ1n) is 7.24. The average Bonchev–Trinajstić information content (AvgIpc) is 2.43. The zero-order valence-corrected chi connectivity index (χ0v) is 13.3. The third-order valence-electron chi connectivity index (χ3n) is 3.92. The number of nitrogens with zero attached hydrogens (tertiary/aromatic N) is 1. The lowest BCUT2D eigenvalue weighted by Gasteiger charge is -2.35. The molecule has 106 valence electrons. The van der Waals surface area contributed by atoms with E-state index in [1.165, 1.54) is 25.7 Å². The fraction of sp³-hybridized carbons (Fsp3) is 0.667. The molecule has 0 saturated heterocycles. The molecular weight excluding hydrogens is 276 g/mol. The Balaban J connectivity index is 2.02. The lowest BCUT2D eigenvalue weighted by atomic mass is 9.84. The van der Waals surface area contributed by atoms with Crippen LogP contribution in [-0.2, 0) is 0 Å². The molecule has 1 fully saturated rings. The molecule has 2 nitrogen and oxygen atoms in total. The zero-order chi connectivity index (χ0) is 13.7. The molecule has 3 atom stereocenters. The van der Waals surface area contributed by atoms with Crippen LogP contribution in [0.2, 0.25) is 5.02 Å². The Morgan fingerprint density at radius 1 is 1.37 bits per heavy atom. The van der Waals surface area contributed by atoms with Gasteiger partial charge in [0.05, 0.1) is 10.0 Å². The van der Waals surface area contributed by atoms with Gasteiger partial charge in [0, 0.05) is 17.5 Å². The minimum Gasteiger partial charge on any atom is -0.313 e. The third kappa shape index (κ3) is 4.37. The van der Waals surface area contributed by atoms with Gasteiger partial charge in [-0.25, -0.2) is 4.98 Å². The molecule has 1 heterocycles. The van der Waals surface area contributed by atoms with Gasteiger partial charge in [0.1, 0.15) is 0 Å². The van der Waals surface area contributed by atoms with Crippen molar-refractivity contribution in [1.82, 2.24) is 10.3 Å². The maximum Gasteiger partial charge on any atom is 0.0964 e. The number of nitrogens with one attached hydrogen (secondary N) is 1. The molecule has 4 heteroatoms. The van der Waals surface area contributed by atoms with Crippen LogP contribution < -0.4 is 5.32 Å². The van der Waals surface area contributed by atoms with E-state index in [4.69, 9.17) is 11.6 Å². The van der Waals surface area contributed by atoms with Gasteiger partial charge in [0.25, 0.3) is 0 Å². The van der Waals surface area contributed by atoms with Crippen LogP contribution in [0.5, 0.6) is 0 Å². The summed E-state index contributed by atoms with van der Waals surface area (Å²) in [5.41, 5.74) is 0. The highest BCUT2D eigenvalue weighted by Gasteiger charge is 2.30. The second-order valence-electron chi connectivity index (χ2n) is 5.22. The Labute approximate surface area is 125 Å². The van der Waals surface area contributed by atoms with Crippen molar-refractivity contribution in [2.45, 2.75) is 55.8 Å². The summed E-state index contributed by atoms with van der Waals surface area (Å²) >= 11 is 7.80. The molecule has 0 amide bonds. The van der Waals surface area contributed by atoms with Gasteiger partial charge in [-0.2, -0.15) is 0 Å². The van der Waals surface area contributed by atoms with Crippen molar-refractivity contribution in [3.63, 3.8) is 0 Å². The molecule has 0 radical (unpaired) electrons. The van der Waals surface area contributed by atoms with Crippen LogP contribution in [0.3, 0.4) is 0 Å². The summed E-state index contributed by atoms with van der Waals surface area (Å²) in [7, 11) is 0. The van der Waals surface area contributed by atoms with E-state index in [0.29, 0.717) is 16.3 Å². The Bertz CT molecular complexity index is 382. The predicted octanol–water partition coefficient (Wildman–Crippen LogP) is 4.38. The highest BCUT2D eigenvalue weighted by atomic mass is 35.5. The number of hydrogen-bond acceptors (Lipinski definition) is 3. The monoisotopic (exact) mass is 298 g/mol. The summed E-state index contributed by atoms with van der Waals surface area (Å²) in [5, 5.41) is 6.07. The molecule has 1 N–H and O–H groups in total. The molecule has 0 aromatic carbocycles. The second kappa shape index (κ2) is 7.51. The van der Waals surface area contributed by atoms with E-state index in [9.17, 15) is 0 Å². The van der Waals surface area contributed by atoms with Crippen LogP contribution in [0, 0.1) is 5.92 Å². The lowest BCUT2D eigenvalue weighted by Crippen LogP contribution is -2.42. The lowest BCUT2D eigenvalue weighted by molar-refractivity contribution is 0.297. The summed E-state index contributed by atoms with van der Waals surface area (Å²) in [6.45, 7) is 5.54. The molecule has 19 heavy (non-hydrogen) atoms. The van der Waals surface area contributed by atoms with E-state index in [1.807, 2.05) is 23.9 Å². The second-order valence-corrected chi connectivity index (χ2v) is 6.92. The van der Waals surface area contributed by atoms with E-state index in [2.05, 4.69) is 24.1 Å². The van der Waals surface area contributed by atoms with Gasteiger partial charge in [-0.1, -0.05) is 31.9 Å².